The summed E-state index contributed by atoms with van der Waals surface area (Å²) >= 11 is 0. The minimum absolute atomic E-state index is 0.324. The number of ether oxygens (including phenoxy) is 1. The van der Waals surface area contributed by atoms with Crippen LogP contribution in [0.1, 0.15) is 30.9 Å². The molecular weight excluding hydrogens is 292 g/mol. The summed E-state index contributed by atoms with van der Waals surface area (Å²) in [5, 5.41) is 3.02. The van der Waals surface area contributed by atoms with E-state index in [1.165, 1.54) is 7.11 Å². The molecule has 0 bridgehead atoms. The van der Waals surface area contributed by atoms with Crippen LogP contribution in [-0.4, -0.2) is 19.0 Å². The van der Waals surface area contributed by atoms with Gasteiger partial charge in [0.05, 0.1) is 18.6 Å². The third-order valence-corrected chi connectivity index (χ3v) is 3.82. The Balaban J connectivity index is 2.72. The Bertz CT molecular complexity index is 782. The maximum Gasteiger partial charge on any atom is 0.336 e. The van der Waals surface area contributed by atoms with E-state index in [1.54, 1.807) is 32.0 Å². The average Bonchev–Trinajstić information content (AvgIpc) is 2.53. The maximum atomic E-state index is 12.3. The second-order valence-corrected chi connectivity index (χ2v) is 5.26. The van der Waals surface area contributed by atoms with E-state index in [0.717, 1.165) is 5.56 Å². The number of amides is 1. The molecule has 23 heavy (non-hydrogen) atoms. The predicted octanol–water partition coefficient (Wildman–Crippen LogP) is 1.56. The van der Waals surface area contributed by atoms with E-state index in [4.69, 9.17) is 16.9 Å². The Labute approximate surface area is 135 Å². The first-order valence-corrected chi connectivity index (χ1v) is 7.04. The Morgan fingerprint density at radius 2 is 1.91 bits per heavy atom. The molecule has 0 fully saturated rings. The standard InChI is InChI=1S/C18H18N2O3/c1-5-12-7-6-8-13(9-12)16-14(17(19)21)10(2)20-11(3)15(16)18(22)23-4/h1,6-9,16,20H,2-4H3,(H2,19,21). The molecule has 0 saturated carbocycles. The van der Waals surface area contributed by atoms with Gasteiger partial charge in [-0.1, -0.05) is 18.1 Å². The Kier molecular flexibility index (Phi) is 4.56. The van der Waals surface area contributed by atoms with Crippen LogP contribution in [0.5, 0.6) is 0 Å². The van der Waals surface area contributed by atoms with Crippen molar-refractivity contribution in [2.75, 3.05) is 7.11 Å². The minimum atomic E-state index is -0.616. The number of methoxy groups -OCH3 is 1. The third kappa shape index (κ3) is 2.97. The fraction of sp³-hybridized carbons (Fsp3) is 0.222. The van der Waals surface area contributed by atoms with Crippen LogP contribution in [0.4, 0.5) is 0 Å². The van der Waals surface area contributed by atoms with Gasteiger partial charge in [-0.3, -0.25) is 4.79 Å². The van der Waals surface area contributed by atoms with Crippen molar-refractivity contribution in [3.05, 3.63) is 57.9 Å². The van der Waals surface area contributed by atoms with Crippen molar-refractivity contribution < 1.29 is 14.3 Å². The molecule has 3 N–H and O–H groups in total. The number of allylic oxidation sites excluding steroid dienone is 2. The molecule has 1 heterocycles. The fourth-order valence-electron chi connectivity index (χ4n) is 2.84. The number of dihydropyridines is 1. The first-order valence-electron chi connectivity index (χ1n) is 7.04. The van der Waals surface area contributed by atoms with Crippen LogP contribution in [0.15, 0.2) is 46.8 Å². The number of nitrogens with one attached hydrogen (secondary N) is 1. The normalized spacial score (nSPS) is 17.4. The maximum absolute atomic E-state index is 12.3. The number of nitrogens with two attached hydrogens (primary N) is 1. The molecule has 118 valence electrons. The summed E-state index contributed by atoms with van der Waals surface area (Å²) in [6, 6.07) is 7.13. The average molecular weight is 310 g/mol. The number of hydrogen-bond acceptors (Lipinski definition) is 4. The first kappa shape index (κ1) is 16.4. The summed E-state index contributed by atoms with van der Waals surface area (Å²) in [5.41, 5.74) is 8.83. The van der Waals surface area contributed by atoms with Crippen LogP contribution >= 0.6 is 0 Å². The minimum Gasteiger partial charge on any atom is -0.466 e. The van der Waals surface area contributed by atoms with Crippen LogP contribution in [0.3, 0.4) is 0 Å². The van der Waals surface area contributed by atoms with Gasteiger partial charge in [0.1, 0.15) is 0 Å². The lowest BCUT2D eigenvalue weighted by Gasteiger charge is -2.30. The van der Waals surface area contributed by atoms with Crippen LogP contribution in [0, 0.1) is 12.3 Å². The highest BCUT2D eigenvalue weighted by Crippen LogP contribution is 2.38. The van der Waals surface area contributed by atoms with Crippen molar-refractivity contribution in [2.45, 2.75) is 19.8 Å². The molecule has 5 heteroatoms. The number of terminal acetylenes is 1. The number of primary amides is 1. The van der Waals surface area contributed by atoms with Crippen LogP contribution in [0.25, 0.3) is 0 Å². The molecule has 1 aromatic rings. The molecule has 1 aliphatic rings. The van der Waals surface area contributed by atoms with Crippen molar-refractivity contribution in [3.63, 3.8) is 0 Å². The summed E-state index contributed by atoms with van der Waals surface area (Å²) < 4.78 is 4.88. The Morgan fingerprint density at radius 1 is 1.26 bits per heavy atom. The molecule has 1 aliphatic heterocycles. The number of rotatable bonds is 3. The second-order valence-electron chi connectivity index (χ2n) is 5.26. The molecule has 1 amide bonds. The lowest BCUT2D eigenvalue weighted by atomic mass is 9.80. The van der Waals surface area contributed by atoms with E-state index >= 15 is 0 Å². The Hall–Kier alpha value is -3.00. The summed E-state index contributed by atoms with van der Waals surface area (Å²) in [5.74, 6) is 0.821. The monoisotopic (exact) mass is 310 g/mol. The van der Waals surface area contributed by atoms with E-state index < -0.39 is 17.8 Å². The first-order chi connectivity index (χ1) is 10.9. The van der Waals surface area contributed by atoms with Gasteiger partial charge in [-0.2, -0.15) is 0 Å². The molecule has 0 aromatic heterocycles. The molecule has 1 atom stereocenters. The fourth-order valence-corrected chi connectivity index (χ4v) is 2.84. The zero-order valence-corrected chi connectivity index (χ0v) is 13.3. The van der Waals surface area contributed by atoms with E-state index in [1.807, 2.05) is 6.07 Å². The van der Waals surface area contributed by atoms with Crippen molar-refractivity contribution in [1.29, 1.82) is 0 Å². The van der Waals surface area contributed by atoms with Crippen molar-refractivity contribution in [2.24, 2.45) is 5.73 Å². The van der Waals surface area contributed by atoms with Crippen LogP contribution in [0.2, 0.25) is 0 Å². The topological polar surface area (TPSA) is 81.4 Å². The summed E-state index contributed by atoms with van der Waals surface area (Å²) in [6.07, 6.45) is 5.45. The van der Waals surface area contributed by atoms with Crippen molar-refractivity contribution in [3.8, 4) is 12.3 Å². The second kappa shape index (κ2) is 6.41. The predicted molar refractivity (Wildman–Crippen MR) is 86.9 cm³/mol. The van der Waals surface area contributed by atoms with Gasteiger partial charge in [-0.25, -0.2) is 4.79 Å². The van der Waals surface area contributed by atoms with Gasteiger partial charge < -0.3 is 15.8 Å². The number of hydrogen-bond donors (Lipinski definition) is 2. The highest BCUT2D eigenvalue weighted by atomic mass is 16.5. The zero-order valence-electron chi connectivity index (χ0n) is 13.3. The molecule has 0 aliphatic carbocycles. The van der Waals surface area contributed by atoms with Gasteiger partial charge in [0, 0.05) is 22.5 Å². The summed E-state index contributed by atoms with van der Waals surface area (Å²) in [4.78, 5) is 24.2. The molecule has 0 radical (unpaired) electrons. The summed E-state index contributed by atoms with van der Waals surface area (Å²) in [7, 11) is 1.30. The lowest BCUT2D eigenvalue weighted by Crippen LogP contribution is -2.34. The van der Waals surface area contributed by atoms with Crippen molar-refractivity contribution >= 4 is 11.9 Å². The molecule has 0 spiro atoms. The van der Waals surface area contributed by atoms with E-state index in [0.29, 0.717) is 28.1 Å². The smallest absolute Gasteiger partial charge is 0.336 e. The molecule has 2 rings (SSSR count). The van der Waals surface area contributed by atoms with E-state index in [2.05, 4.69) is 11.2 Å². The molecule has 1 unspecified atom stereocenters. The SMILES string of the molecule is C#Cc1cccc(C2C(C(N)=O)=C(C)NC(C)=C2C(=O)OC)c1. The van der Waals surface area contributed by atoms with Gasteiger partial charge in [0.15, 0.2) is 0 Å². The number of benzene rings is 1. The van der Waals surface area contributed by atoms with Gasteiger partial charge in [0.2, 0.25) is 5.91 Å². The number of carbonyl (C=O) groups excluding carboxylic acids is 2. The number of carbonyl (C=O) groups is 2. The van der Waals surface area contributed by atoms with Crippen LogP contribution in [-0.2, 0) is 14.3 Å². The summed E-state index contributed by atoms with van der Waals surface area (Å²) in [6.45, 7) is 3.50. The number of esters is 1. The Morgan fingerprint density at radius 3 is 2.48 bits per heavy atom. The molecular formula is C18H18N2O3. The molecule has 5 nitrogen and oxygen atoms in total. The molecule has 1 aromatic carbocycles. The zero-order chi connectivity index (χ0) is 17.1. The van der Waals surface area contributed by atoms with Gasteiger partial charge in [-0.05, 0) is 31.5 Å². The molecule has 0 saturated heterocycles. The third-order valence-electron chi connectivity index (χ3n) is 3.82. The van der Waals surface area contributed by atoms with Gasteiger partial charge in [-0.15, -0.1) is 6.42 Å². The quantitative estimate of drug-likeness (QED) is 0.656. The van der Waals surface area contributed by atoms with Crippen LogP contribution < -0.4 is 11.1 Å². The van der Waals surface area contributed by atoms with E-state index in [9.17, 15) is 9.59 Å². The van der Waals surface area contributed by atoms with Gasteiger partial charge >= 0.3 is 5.97 Å². The highest BCUT2D eigenvalue weighted by molar-refractivity contribution is 6.01. The van der Waals surface area contributed by atoms with Crippen molar-refractivity contribution in [1.82, 2.24) is 5.32 Å². The highest BCUT2D eigenvalue weighted by Gasteiger charge is 2.36. The van der Waals surface area contributed by atoms with Gasteiger partial charge in [0.25, 0.3) is 0 Å². The largest absolute Gasteiger partial charge is 0.466 e. The lowest BCUT2D eigenvalue weighted by molar-refractivity contribution is -0.136. The van der Waals surface area contributed by atoms with E-state index in [-0.39, 0.29) is 0 Å².